The largest absolute Gasteiger partial charge is 0.411 e. The van der Waals surface area contributed by atoms with Gasteiger partial charge in [-0.1, -0.05) is 49.8 Å². The molecule has 2 aromatic heterocycles. The van der Waals surface area contributed by atoms with E-state index in [9.17, 15) is 4.79 Å². The van der Waals surface area contributed by atoms with Crippen LogP contribution < -0.4 is 5.32 Å². The van der Waals surface area contributed by atoms with Crippen LogP contribution in [0.1, 0.15) is 39.0 Å². The zero-order valence-electron chi connectivity index (χ0n) is 15.9. The molecule has 0 radical (unpaired) electrons. The summed E-state index contributed by atoms with van der Waals surface area (Å²) in [5, 5.41) is 14.4. The van der Waals surface area contributed by atoms with Gasteiger partial charge in [-0.3, -0.25) is 4.79 Å². The molecule has 0 bridgehead atoms. The molecule has 0 unspecified atom stereocenters. The Hall–Kier alpha value is -2.61. The lowest BCUT2D eigenvalue weighted by molar-refractivity contribution is -0.115. The van der Waals surface area contributed by atoms with Crippen LogP contribution in [0.3, 0.4) is 0 Å². The van der Waals surface area contributed by atoms with Crippen LogP contribution in [-0.4, -0.2) is 26.5 Å². The summed E-state index contributed by atoms with van der Waals surface area (Å²) in [5.41, 5.74) is 2.16. The van der Waals surface area contributed by atoms with Crippen molar-refractivity contribution in [2.75, 3.05) is 5.32 Å². The van der Waals surface area contributed by atoms with Crippen LogP contribution >= 0.6 is 11.8 Å². The topological polar surface area (TPSA) is 94.1 Å². The Balaban J connectivity index is 1.64. The molecule has 142 valence electrons. The van der Waals surface area contributed by atoms with Gasteiger partial charge in [0, 0.05) is 11.6 Å². The standard InChI is InChI=1S/C19H22N4O3S/c1-11-10-15(23-26-11)20-16(24)12(2)27-18-22-21-17(25-18)13-6-8-14(9-7-13)19(3,4)5/h6-10,12H,1-5H3,(H,20,23,24)/t12-/m1/s1. The number of nitrogens with one attached hydrogen (secondary N) is 1. The van der Waals surface area contributed by atoms with Gasteiger partial charge in [0.2, 0.25) is 11.8 Å². The lowest BCUT2D eigenvalue weighted by atomic mass is 9.87. The van der Waals surface area contributed by atoms with Crippen LogP contribution in [0.4, 0.5) is 5.82 Å². The number of benzene rings is 1. The quantitative estimate of drug-likeness (QED) is 0.647. The highest BCUT2D eigenvalue weighted by Gasteiger charge is 2.20. The molecule has 0 saturated carbocycles. The highest BCUT2D eigenvalue weighted by molar-refractivity contribution is 8.00. The van der Waals surface area contributed by atoms with Crippen molar-refractivity contribution < 1.29 is 13.7 Å². The zero-order valence-corrected chi connectivity index (χ0v) is 16.8. The number of hydrogen-bond donors (Lipinski definition) is 1. The first-order valence-corrected chi connectivity index (χ1v) is 9.45. The first-order valence-electron chi connectivity index (χ1n) is 8.57. The van der Waals surface area contributed by atoms with Crippen molar-refractivity contribution >= 4 is 23.5 Å². The van der Waals surface area contributed by atoms with Crippen molar-refractivity contribution in [2.24, 2.45) is 0 Å². The van der Waals surface area contributed by atoms with Crippen LogP contribution in [0.2, 0.25) is 0 Å². The fraction of sp³-hybridized carbons (Fsp3) is 0.368. The fourth-order valence-electron chi connectivity index (χ4n) is 2.34. The summed E-state index contributed by atoms with van der Waals surface area (Å²) < 4.78 is 10.6. The third-order valence-corrected chi connectivity index (χ3v) is 4.86. The molecule has 1 N–H and O–H groups in total. The van der Waals surface area contributed by atoms with Crippen molar-refractivity contribution in [3.63, 3.8) is 0 Å². The first kappa shape index (κ1) is 19.2. The number of aromatic nitrogens is 3. The van der Waals surface area contributed by atoms with Gasteiger partial charge in [0.25, 0.3) is 5.22 Å². The summed E-state index contributed by atoms with van der Waals surface area (Å²) in [6, 6.07) is 9.70. The maximum atomic E-state index is 12.2. The molecule has 0 aliphatic heterocycles. The zero-order chi connectivity index (χ0) is 19.6. The number of carbonyl (C=O) groups excluding carboxylic acids is 1. The molecular formula is C19H22N4O3S. The molecule has 8 heteroatoms. The Labute approximate surface area is 161 Å². The monoisotopic (exact) mass is 386 g/mol. The highest BCUT2D eigenvalue weighted by Crippen LogP contribution is 2.29. The van der Waals surface area contributed by atoms with Crippen molar-refractivity contribution in [3.05, 3.63) is 41.7 Å². The van der Waals surface area contributed by atoms with Crippen LogP contribution in [0.5, 0.6) is 0 Å². The minimum atomic E-state index is -0.432. The van der Waals surface area contributed by atoms with E-state index in [1.54, 1.807) is 19.9 Å². The molecule has 0 fully saturated rings. The highest BCUT2D eigenvalue weighted by atomic mass is 32.2. The molecule has 3 aromatic rings. The first-order chi connectivity index (χ1) is 12.7. The summed E-state index contributed by atoms with van der Waals surface area (Å²) >= 11 is 1.19. The summed E-state index contributed by atoms with van der Waals surface area (Å²) in [6.07, 6.45) is 0. The molecule has 0 aliphatic rings. The second-order valence-electron chi connectivity index (χ2n) is 7.27. The average molecular weight is 386 g/mol. The second-order valence-corrected chi connectivity index (χ2v) is 8.56. The molecule has 27 heavy (non-hydrogen) atoms. The molecule has 3 rings (SSSR count). The SMILES string of the molecule is Cc1cc(NC(=O)[C@@H](C)Sc2nnc(-c3ccc(C(C)(C)C)cc3)o2)no1. The lowest BCUT2D eigenvalue weighted by Crippen LogP contribution is -2.22. The van der Waals surface area contributed by atoms with Gasteiger partial charge in [0.1, 0.15) is 5.76 Å². The van der Waals surface area contributed by atoms with E-state index in [0.717, 1.165) is 5.56 Å². The summed E-state index contributed by atoms with van der Waals surface area (Å²) in [4.78, 5) is 12.2. The van der Waals surface area contributed by atoms with E-state index in [1.807, 2.05) is 12.1 Å². The summed E-state index contributed by atoms with van der Waals surface area (Å²) in [5.74, 6) is 1.22. The van der Waals surface area contributed by atoms with E-state index < -0.39 is 5.25 Å². The number of thioether (sulfide) groups is 1. The van der Waals surface area contributed by atoms with E-state index in [-0.39, 0.29) is 11.3 Å². The fourth-order valence-corrected chi connectivity index (χ4v) is 3.03. The molecule has 2 heterocycles. The maximum absolute atomic E-state index is 12.2. The molecule has 0 saturated heterocycles. The van der Waals surface area contributed by atoms with E-state index >= 15 is 0 Å². The summed E-state index contributed by atoms with van der Waals surface area (Å²) in [7, 11) is 0. The van der Waals surface area contributed by atoms with Gasteiger partial charge in [0.15, 0.2) is 5.82 Å². The van der Waals surface area contributed by atoms with Crippen LogP contribution in [0, 0.1) is 6.92 Å². The van der Waals surface area contributed by atoms with E-state index in [2.05, 4.69) is 53.6 Å². The Kier molecular flexibility index (Phi) is 5.36. The number of rotatable bonds is 5. The predicted octanol–water partition coefficient (Wildman–Crippen LogP) is 4.45. The second kappa shape index (κ2) is 7.56. The molecule has 1 atom stereocenters. The van der Waals surface area contributed by atoms with Gasteiger partial charge in [-0.15, -0.1) is 10.2 Å². The Bertz CT molecular complexity index is 925. The molecular weight excluding hydrogens is 364 g/mol. The molecule has 7 nitrogen and oxygen atoms in total. The minimum absolute atomic E-state index is 0.0829. The van der Waals surface area contributed by atoms with Crippen molar-refractivity contribution in [1.29, 1.82) is 0 Å². The normalized spacial score (nSPS) is 12.8. The maximum Gasteiger partial charge on any atom is 0.277 e. The predicted molar refractivity (Wildman–Crippen MR) is 104 cm³/mol. The van der Waals surface area contributed by atoms with Gasteiger partial charge < -0.3 is 14.3 Å². The van der Waals surface area contributed by atoms with Gasteiger partial charge in [-0.05, 0) is 37.0 Å². The number of anilines is 1. The molecule has 1 amide bonds. The Morgan fingerprint density at radius 1 is 1.19 bits per heavy atom. The van der Waals surface area contributed by atoms with Crippen molar-refractivity contribution in [3.8, 4) is 11.5 Å². The molecule has 0 spiro atoms. The van der Waals surface area contributed by atoms with Gasteiger partial charge >= 0.3 is 0 Å². The average Bonchev–Trinajstić information content (AvgIpc) is 3.23. The number of aryl methyl sites for hydroxylation is 1. The smallest absolute Gasteiger partial charge is 0.277 e. The Morgan fingerprint density at radius 2 is 1.89 bits per heavy atom. The van der Waals surface area contributed by atoms with E-state index in [4.69, 9.17) is 8.94 Å². The Morgan fingerprint density at radius 3 is 2.48 bits per heavy atom. The lowest BCUT2D eigenvalue weighted by Gasteiger charge is -2.18. The number of nitrogens with zero attached hydrogens (tertiary/aromatic N) is 3. The van der Waals surface area contributed by atoms with Crippen molar-refractivity contribution in [1.82, 2.24) is 15.4 Å². The molecule has 0 aliphatic carbocycles. The van der Waals surface area contributed by atoms with Crippen LogP contribution in [0.25, 0.3) is 11.5 Å². The minimum Gasteiger partial charge on any atom is -0.411 e. The van der Waals surface area contributed by atoms with Gasteiger partial charge in [-0.2, -0.15) is 0 Å². The number of hydrogen-bond acceptors (Lipinski definition) is 7. The number of carbonyl (C=O) groups is 1. The van der Waals surface area contributed by atoms with Crippen LogP contribution in [-0.2, 0) is 10.2 Å². The molecule has 1 aromatic carbocycles. The number of amides is 1. The van der Waals surface area contributed by atoms with Crippen LogP contribution in [0.15, 0.2) is 44.5 Å². The van der Waals surface area contributed by atoms with E-state index in [0.29, 0.717) is 22.7 Å². The van der Waals surface area contributed by atoms with Gasteiger partial charge in [-0.25, -0.2) is 0 Å². The third-order valence-electron chi connectivity index (χ3n) is 3.93. The van der Waals surface area contributed by atoms with Crippen molar-refractivity contribution in [2.45, 2.75) is 50.5 Å². The van der Waals surface area contributed by atoms with E-state index in [1.165, 1.54) is 17.3 Å². The van der Waals surface area contributed by atoms with Gasteiger partial charge in [0.05, 0.1) is 5.25 Å². The third kappa shape index (κ3) is 4.77. The summed E-state index contributed by atoms with van der Waals surface area (Å²) in [6.45, 7) is 10.0.